The summed E-state index contributed by atoms with van der Waals surface area (Å²) in [6, 6.07) is 5.99. The summed E-state index contributed by atoms with van der Waals surface area (Å²) in [5.74, 6) is 0.963. The lowest BCUT2D eigenvalue weighted by Crippen LogP contribution is -2.40. The van der Waals surface area contributed by atoms with Crippen molar-refractivity contribution in [2.75, 3.05) is 6.61 Å². The largest absolute Gasteiger partial charge is 0.493 e. The number of amides is 1. The zero-order chi connectivity index (χ0) is 13.9. The first kappa shape index (κ1) is 13.9. The van der Waals surface area contributed by atoms with Crippen molar-refractivity contribution >= 4 is 21.8 Å². The van der Waals surface area contributed by atoms with Gasteiger partial charge < -0.3 is 10.1 Å². The van der Waals surface area contributed by atoms with Crippen LogP contribution in [-0.4, -0.2) is 23.4 Å². The first-order chi connectivity index (χ1) is 9.74. The lowest BCUT2D eigenvalue weighted by atomic mass is 10.1. The van der Waals surface area contributed by atoms with E-state index in [2.05, 4.69) is 21.2 Å². The fraction of sp³-hybridized carbons (Fsp3) is 0.562. The molecule has 1 aliphatic carbocycles. The van der Waals surface area contributed by atoms with Gasteiger partial charge in [-0.25, -0.2) is 0 Å². The van der Waals surface area contributed by atoms with Gasteiger partial charge in [-0.15, -0.1) is 0 Å². The van der Waals surface area contributed by atoms with E-state index in [1.54, 1.807) is 0 Å². The molecule has 1 saturated carbocycles. The van der Waals surface area contributed by atoms with Crippen LogP contribution in [0.15, 0.2) is 18.2 Å². The quantitative estimate of drug-likeness (QED) is 0.663. The summed E-state index contributed by atoms with van der Waals surface area (Å²) in [7, 11) is 0. The molecule has 0 radical (unpaired) electrons. The highest BCUT2D eigenvalue weighted by Crippen LogP contribution is 2.27. The summed E-state index contributed by atoms with van der Waals surface area (Å²) in [4.78, 5) is 12.8. The molecule has 1 N–H and O–H groups in total. The fourth-order valence-corrected chi connectivity index (χ4v) is 3.72. The van der Waals surface area contributed by atoms with Gasteiger partial charge in [0.05, 0.1) is 6.61 Å². The zero-order valence-electron chi connectivity index (χ0n) is 11.5. The Labute approximate surface area is 128 Å². The van der Waals surface area contributed by atoms with E-state index >= 15 is 0 Å². The van der Waals surface area contributed by atoms with Crippen LogP contribution in [0.3, 0.4) is 0 Å². The van der Waals surface area contributed by atoms with Crippen molar-refractivity contribution in [3.8, 4) is 5.75 Å². The predicted molar refractivity (Wildman–Crippen MR) is 82.7 cm³/mol. The Balaban J connectivity index is 1.69. The molecule has 0 spiro atoms. The summed E-state index contributed by atoms with van der Waals surface area (Å²) < 4.78 is 5.48. The average molecular weight is 338 g/mol. The molecular formula is C16H20BrNO2. The van der Waals surface area contributed by atoms with Crippen molar-refractivity contribution < 1.29 is 9.53 Å². The van der Waals surface area contributed by atoms with Gasteiger partial charge in [-0.05, 0) is 36.6 Å². The van der Waals surface area contributed by atoms with Crippen LogP contribution in [0.2, 0.25) is 0 Å². The molecule has 3 nitrogen and oxygen atoms in total. The van der Waals surface area contributed by atoms with Gasteiger partial charge in [-0.3, -0.25) is 4.79 Å². The Bertz CT molecular complexity index is 503. The van der Waals surface area contributed by atoms with E-state index in [1.165, 1.54) is 19.3 Å². The molecule has 1 aliphatic heterocycles. The van der Waals surface area contributed by atoms with Crippen LogP contribution in [0.25, 0.3) is 0 Å². The standard InChI is InChI=1S/C16H20BrNO2/c17-13-4-2-1-3-5-14(13)18-16(19)12-6-7-15-11(10-12)8-9-20-15/h6-7,10,13-14H,1-5,8-9H2,(H,18,19). The van der Waals surface area contributed by atoms with Crippen LogP contribution in [0, 0.1) is 0 Å². The van der Waals surface area contributed by atoms with E-state index < -0.39 is 0 Å². The van der Waals surface area contributed by atoms with Gasteiger partial charge in [0.2, 0.25) is 0 Å². The van der Waals surface area contributed by atoms with Gasteiger partial charge in [0.15, 0.2) is 0 Å². The second kappa shape index (κ2) is 6.17. The molecule has 3 rings (SSSR count). The number of halogens is 1. The van der Waals surface area contributed by atoms with Crippen molar-refractivity contribution in [1.82, 2.24) is 5.32 Å². The second-order valence-corrected chi connectivity index (χ2v) is 6.83. The van der Waals surface area contributed by atoms with Crippen molar-refractivity contribution in [2.45, 2.75) is 49.4 Å². The van der Waals surface area contributed by atoms with Gasteiger partial charge in [0, 0.05) is 22.9 Å². The van der Waals surface area contributed by atoms with Crippen LogP contribution < -0.4 is 10.1 Å². The molecule has 2 aliphatic rings. The lowest BCUT2D eigenvalue weighted by molar-refractivity contribution is 0.0935. The molecule has 0 bridgehead atoms. The summed E-state index contributed by atoms with van der Waals surface area (Å²) in [5.41, 5.74) is 1.90. The van der Waals surface area contributed by atoms with E-state index in [0.29, 0.717) is 4.83 Å². The Morgan fingerprint density at radius 3 is 3.00 bits per heavy atom. The third-order valence-corrected chi connectivity index (χ3v) is 5.30. The fourth-order valence-electron chi connectivity index (χ4n) is 3.00. The van der Waals surface area contributed by atoms with Gasteiger partial charge >= 0.3 is 0 Å². The average Bonchev–Trinajstić information content (AvgIpc) is 2.83. The number of hydrogen-bond donors (Lipinski definition) is 1. The molecular weight excluding hydrogens is 318 g/mol. The number of carbonyl (C=O) groups excluding carboxylic acids is 1. The van der Waals surface area contributed by atoms with Crippen LogP contribution in [0.5, 0.6) is 5.75 Å². The molecule has 1 fully saturated rings. The number of fused-ring (bicyclic) bond motifs is 1. The number of carbonyl (C=O) groups is 1. The van der Waals surface area contributed by atoms with E-state index in [9.17, 15) is 4.79 Å². The van der Waals surface area contributed by atoms with Gasteiger partial charge in [-0.2, -0.15) is 0 Å². The Hall–Kier alpha value is -1.03. The van der Waals surface area contributed by atoms with Gasteiger partial charge in [0.1, 0.15) is 5.75 Å². The number of nitrogens with one attached hydrogen (secondary N) is 1. The van der Waals surface area contributed by atoms with Crippen molar-refractivity contribution in [2.24, 2.45) is 0 Å². The van der Waals surface area contributed by atoms with Crippen LogP contribution in [0.4, 0.5) is 0 Å². The summed E-state index contributed by atoms with van der Waals surface area (Å²) in [5, 5.41) is 3.19. The molecule has 108 valence electrons. The summed E-state index contributed by atoms with van der Waals surface area (Å²) in [6.45, 7) is 0.729. The minimum atomic E-state index is 0.0380. The minimum Gasteiger partial charge on any atom is -0.493 e. The molecule has 0 saturated heterocycles. The second-order valence-electron chi connectivity index (χ2n) is 5.65. The van der Waals surface area contributed by atoms with Crippen LogP contribution in [0.1, 0.15) is 48.0 Å². The SMILES string of the molecule is O=C(NC1CCCCCC1Br)c1ccc2c(c1)CCO2. The third-order valence-electron chi connectivity index (χ3n) is 4.20. The molecule has 20 heavy (non-hydrogen) atoms. The Morgan fingerprint density at radius 1 is 1.25 bits per heavy atom. The predicted octanol–water partition coefficient (Wildman–Crippen LogP) is 3.45. The maximum Gasteiger partial charge on any atom is 0.251 e. The first-order valence-electron chi connectivity index (χ1n) is 7.45. The number of hydrogen-bond acceptors (Lipinski definition) is 2. The lowest BCUT2D eigenvalue weighted by Gasteiger charge is -2.21. The summed E-state index contributed by atoms with van der Waals surface area (Å²) >= 11 is 3.72. The molecule has 1 aromatic carbocycles. The molecule has 1 heterocycles. The van der Waals surface area contributed by atoms with Gasteiger partial charge in [0.25, 0.3) is 5.91 Å². The Kier molecular flexibility index (Phi) is 4.29. The maximum atomic E-state index is 12.4. The first-order valence-corrected chi connectivity index (χ1v) is 8.36. The third kappa shape index (κ3) is 3.00. The number of rotatable bonds is 2. The molecule has 2 atom stereocenters. The number of ether oxygens (including phenoxy) is 1. The highest BCUT2D eigenvalue weighted by molar-refractivity contribution is 9.09. The van der Waals surface area contributed by atoms with Crippen molar-refractivity contribution in [3.63, 3.8) is 0 Å². The monoisotopic (exact) mass is 337 g/mol. The van der Waals surface area contributed by atoms with E-state index in [-0.39, 0.29) is 11.9 Å². The van der Waals surface area contributed by atoms with E-state index in [0.717, 1.165) is 42.7 Å². The zero-order valence-corrected chi connectivity index (χ0v) is 13.1. The highest BCUT2D eigenvalue weighted by atomic mass is 79.9. The van der Waals surface area contributed by atoms with E-state index in [4.69, 9.17) is 4.74 Å². The van der Waals surface area contributed by atoms with Crippen LogP contribution in [-0.2, 0) is 6.42 Å². The molecule has 1 aromatic rings. The minimum absolute atomic E-state index is 0.0380. The number of benzene rings is 1. The van der Waals surface area contributed by atoms with E-state index in [1.807, 2.05) is 18.2 Å². The molecule has 1 amide bonds. The summed E-state index contributed by atoms with van der Waals surface area (Å²) in [6.07, 6.45) is 6.83. The highest BCUT2D eigenvalue weighted by Gasteiger charge is 2.24. The molecule has 0 aromatic heterocycles. The smallest absolute Gasteiger partial charge is 0.251 e. The number of alkyl halides is 1. The topological polar surface area (TPSA) is 38.3 Å². The van der Waals surface area contributed by atoms with Crippen molar-refractivity contribution in [3.05, 3.63) is 29.3 Å². The maximum absolute atomic E-state index is 12.4. The van der Waals surface area contributed by atoms with Crippen molar-refractivity contribution in [1.29, 1.82) is 0 Å². The van der Waals surface area contributed by atoms with Gasteiger partial charge in [-0.1, -0.05) is 35.2 Å². The Morgan fingerprint density at radius 2 is 2.10 bits per heavy atom. The molecule has 4 heteroatoms. The van der Waals surface area contributed by atoms with Crippen LogP contribution >= 0.6 is 15.9 Å². The normalized spacial score (nSPS) is 25.4. The molecule has 2 unspecified atom stereocenters.